The number of hydrogen-bond acceptors (Lipinski definition) is 4. The number of carbonyl (C=O) groups is 1. The molecule has 5 nitrogen and oxygen atoms in total. The van der Waals surface area contributed by atoms with Crippen LogP contribution in [0.2, 0.25) is 0 Å². The maximum atomic E-state index is 12.6. The van der Waals surface area contributed by atoms with Crippen molar-refractivity contribution in [3.05, 3.63) is 29.8 Å². The van der Waals surface area contributed by atoms with Gasteiger partial charge in [-0.15, -0.1) is 0 Å². The van der Waals surface area contributed by atoms with Crippen LogP contribution in [0.15, 0.2) is 24.3 Å². The molecule has 0 radical (unpaired) electrons. The Morgan fingerprint density at radius 2 is 1.80 bits per heavy atom. The van der Waals surface area contributed by atoms with Gasteiger partial charge in [0.2, 0.25) is 0 Å². The third kappa shape index (κ3) is 4.46. The molecule has 2 fully saturated rings. The average molecular weight is 346 g/mol. The van der Waals surface area contributed by atoms with E-state index in [-0.39, 0.29) is 12.1 Å². The highest BCUT2D eigenvalue weighted by Crippen LogP contribution is 2.32. The fraction of sp³-hybridized carbons (Fsp3) is 0.650. The smallest absolute Gasteiger partial charge is 0.410 e. The predicted molar refractivity (Wildman–Crippen MR) is 97.8 cm³/mol. The van der Waals surface area contributed by atoms with Gasteiger partial charge >= 0.3 is 6.09 Å². The summed E-state index contributed by atoms with van der Waals surface area (Å²) < 4.78 is 10.9. The Labute approximate surface area is 150 Å². The summed E-state index contributed by atoms with van der Waals surface area (Å²) in [5.41, 5.74) is 0.841. The van der Waals surface area contributed by atoms with Crippen molar-refractivity contribution in [1.82, 2.24) is 9.80 Å². The van der Waals surface area contributed by atoms with Crippen LogP contribution in [0, 0.1) is 0 Å². The first kappa shape index (κ1) is 18.1. The lowest BCUT2D eigenvalue weighted by Gasteiger charge is -2.31. The van der Waals surface area contributed by atoms with Crippen molar-refractivity contribution in [3.8, 4) is 5.75 Å². The molecule has 3 rings (SSSR count). The maximum Gasteiger partial charge on any atom is 0.410 e. The van der Waals surface area contributed by atoms with Crippen LogP contribution in [0.25, 0.3) is 0 Å². The number of fused-ring (bicyclic) bond motifs is 2. The summed E-state index contributed by atoms with van der Waals surface area (Å²) in [6.45, 7) is 8.64. The van der Waals surface area contributed by atoms with E-state index < -0.39 is 5.60 Å². The van der Waals surface area contributed by atoms with Crippen LogP contribution in [-0.4, -0.2) is 53.8 Å². The van der Waals surface area contributed by atoms with Crippen molar-refractivity contribution in [1.29, 1.82) is 0 Å². The fourth-order valence-electron chi connectivity index (χ4n) is 3.89. The molecule has 0 unspecified atom stereocenters. The standard InChI is InChI=1S/C20H30N2O3/c1-20(2,3)25-19(23)22-16-7-8-17(22)14-21(12-11-16)13-15-5-9-18(24-4)10-6-15/h5-6,9-10,16-17H,7-8,11-14H2,1-4H3/t16-,17+/m1/s1. The van der Waals surface area contributed by atoms with E-state index in [9.17, 15) is 4.79 Å². The molecule has 1 aromatic rings. The highest BCUT2D eigenvalue weighted by molar-refractivity contribution is 5.69. The minimum atomic E-state index is -0.439. The molecular weight excluding hydrogens is 316 g/mol. The molecule has 2 aliphatic rings. The van der Waals surface area contributed by atoms with Gasteiger partial charge in [0.1, 0.15) is 11.4 Å². The molecule has 25 heavy (non-hydrogen) atoms. The molecular formula is C20H30N2O3. The molecule has 138 valence electrons. The lowest BCUT2D eigenvalue weighted by molar-refractivity contribution is 0.0153. The molecule has 2 bridgehead atoms. The average Bonchev–Trinajstić information content (AvgIpc) is 2.84. The second-order valence-corrected chi connectivity index (χ2v) is 8.14. The Bertz CT molecular complexity index is 594. The fourth-order valence-corrected chi connectivity index (χ4v) is 3.89. The lowest BCUT2D eigenvalue weighted by Crippen LogP contribution is -2.45. The highest BCUT2D eigenvalue weighted by atomic mass is 16.6. The number of rotatable bonds is 3. The minimum Gasteiger partial charge on any atom is -0.497 e. The summed E-state index contributed by atoms with van der Waals surface area (Å²) in [6, 6.07) is 8.83. The molecule has 1 amide bonds. The first-order chi connectivity index (χ1) is 11.9. The molecule has 0 saturated carbocycles. The van der Waals surface area contributed by atoms with E-state index >= 15 is 0 Å². The molecule has 0 N–H and O–H groups in total. The van der Waals surface area contributed by atoms with Gasteiger partial charge in [0, 0.05) is 31.7 Å². The number of nitrogens with zero attached hydrogens (tertiary/aromatic N) is 2. The first-order valence-electron chi connectivity index (χ1n) is 9.22. The second-order valence-electron chi connectivity index (χ2n) is 8.14. The van der Waals surface area contributed by atoms with Gasteiger partial charge in [0.15, 0.2) is 0 Å². The van der Waals surface area contributed by atoms with Crippen LogP contribution in [0.4, 0.5) is 4.79 Å². The second kappa shape index (κ2) is 7.24. The van der Waals surface area contributed by atoms with Crippen molar-refractivity contribution >= 4 is 6.09 Å². The normalized spacial score (nSPS) is 24.1. The topological polar surface area (TPSA) is 42.0 Å². The molecule has 2 saturated heterocycles. The zero-order valence-electron chi connectivity index (χ0n) is 15.8. The van der Waals surface area contributed by atoms with E-state index in [1.807, 2.05) is 37.8 Å². The Kier molecular flexibility index (Phi) is 5.23. The monoisotopic (exact) mass is 346 g/mol. The Morgan fingerprint density at radius 1 is 1.12 bits per heavy atom. The largest absolute Gasteiger partial charge is 0.497 e. The SMILES string of the molecule is COc1ccc(CN2CC[C@H]3CC[C@@H](C2)N3C(=O)OC(C)(C)C)cc1. The summed E-state index contributed by atoms with van der Waals surface area (Å²) >= 11 is 0. The number of hydrogen-bond donors (Lipinski definition) is 0. The summed E-state index contributed by atoms with van der Waals surface area (Å²) in [6.07, 6.45) is 3.04. The van der Waals surface area contributed by atoms with E-state index in [1.165, 1.54) is 5.56 Å². The molecule has 1 aromatic carbocycles. The van der Waals surface area contributed by atoms with Crippen molar-refractivity contribution in [2.45, 2.75) is 64.3 Å². The number of likely N-dealkylation sites (tertiary alicyclic amines) is 1. The van der Waals surface area contributed by atoms with Crippen LogP contribution in [-0.2, 0) is 11.3 Å². The van der Waals surface area contributed by atoms with Crippen molar-refractivity contribution < 1.29 is 14.3 Å². The zero-order chi connectivity index (χ0) is 18.0. The van der Waals surface area contributed by atoms with E-state index in [4.69, 9.17) is 9.47 Å². The van der Waals surface area contributed by atoms with Gasteiger partial charge < -0.3 is 14.4 Å². The molecule has 2 atom stereocenters. The number of methoxy groups -OCH3 is 1. The van der Waals surface area contributed by atoms with E-state index in [0.717, 1.165) is 44.6 Å². The first-order valence-corrected chi connectivity index (χ1v) is 9.22. The number of ether oxygens (including phenoxy) is 2. The molecule has 0 aliphatic carbocycles. The highest BCUT2D eigenvalue weighted by Gasteiger charge is 2.41. The summed E-state index contributed by atoms with van der Waals surface area (Å²) in [7, 11) is 1.69. The molecule has 2 heterocycles. The van der Waals surface area contributed by atoms with Gasteiger partial charge in [-0.05, 0) is 57.7 Å². The third-order valence-electron chi connectivity index (χ3n) is 5.04. The van der Waals surface area contributed by atoms with Crippen LogP contribution < -0.4 is 4.74 Å². The van der Waals surface area contributed by atoms with Gasteiger partial charge in [-0.2, -0.15) is 0 Å². The Balaban J connectivity index is 1.64. The van der Waals surface area contributed by atoms with Gasteiger partial charge in [0.25, 0.3) is 0 Å². The van der Waals surface area contributed by atoms with E-state index in [0.29, 0.717) is 6.04 Å². The number of benzene rings is 1. The Morgan fingerprint density at radius 3 is 2.44 bits per heavy atom. The molecule has 5 heteroatoms. The molecule has 0 spiro atoms. The van der Waals surface area contributed by atoms with Crippen LogP contribution in [0.3, 0.4) is 0 Å². The molecule has 0 aromatic heterocycles. The summed E-state index contributed by atoms with van der Waals surface area (Å²) in [4.78, 5) is 17.1. The minimum absolute atomic E-state index is 0.147. The quantitative estimate of drug-likeness (QED) is 0.837. The van der Waals surface area contributed by atoms with Gasteiger partial charge in [-0.3, -0.25) is 4.90 Å². The van der Waals surface area contributed by atoms with Gasteiger partial charge in [-0.1, -0.05) is 12.1 Å². The van der Waals surface area contributed by atoms with Crippen LogP contribution >= 0.6 is 0 Å². The van der Waals surface area contributed by atoms with Crippen LogP contribution in [0.5, 0.6) is 5.75 Å². The Hall–Kier alpha value is -1.75. The van der Waals surface area contributed by atoms with Crippen molar-refractivity contribution in [2.75, 3.05) is 20.2 Å². The van der Waals surface area contributed by atoms with E-state index in [1.54, 1.807) is 7.11 Å². The van der Waals surface area contributed by atoms with Gasteiger partial charge in [0.05, 0.1) is 7.11 Å². The number of amides is 1. The van der Waals surface area contributed by atoms with Crippen molar-refractivity contribution in [3.63, 3.8) is 0 Å². The van der Waals surface area contributed by atoms with Crippen molar-refractivity contribution in [2.24, 2.45) is 0 Å². The molecule has 2 aliphatic heterocycles. The third-order valence-corrected chi connectivity index (χ3v) is 5.04. The predicted octanol–water partition coefficient (Wildman–Crippen LogP) is 3.67. The summed E-state index contributed by atoms with van der Waals surface area (Å²) in [5.74, 6) is 0.884. The maximum absolute atomic E-state index is 12.6. The zero-order valence-corrected chi connectivity index (χ0v) is 15.8. The number of carbonyl (C=O) groups excluding carboxylic acids is 1. The lowest BCUT2D eigenvalue weighted by atomic mass is 10.1. The van der Waals surface area contributed by atoms with E-state index in [2.05, 4.69) is 17.0 Å². The van der Waals surface area contributed by atoms with Crippen LogP contribution in [0.1, 0.15) is 45.6 Å². The summed E-state index contributed by atoms with van der Waals surface area (Å²) in [5, 5.41) is 0. The van der Waals surface area contributed by atoms with Gasteiger partial charge in [-0.25, -0.2) is 4.79 Å².